The van der Waals surface area contributed by atoms with Gasteiger partial charge in [-0.15, -0.1) is 10.2 Å². The zero-order valence-electron chi connectivity index (χ0n) is 33.9. The van der Waals surface area contributed by atoms with Crippen molar-refractivity contribution in [3.8, 4) is 34.4 Å². The number of phenols is 1. The summed E-state index contributed by atoms with van der Waals surface area (Å²) >= 11 is 0. The fourth-order valence-corrected chi connectivity index (χ4v) is 8.51. The number of ether oxygens (including phenoxy) is 3. The molecular weight excluding hydrogens is 769 g/mol. The number of benzene rings is 4. The minimum atomic E-state index is -3.85. The lowest BCUT2D eigenvalue weighted by molar-refractivity contribution is 0.400. The fourth-order valence-electron chi connectivity index (χ4n) is 5.84. The van der Waals surface area contributed by atoms with Crippen LogP contribution >= 0.6 is 0 Å². The molecule has 302 valence electrons. The van der Waals surface area contributed by atoms with E-state index in [2.05, 4.69) is 62.2 Å². The van der Waals surface area contributed by atoms with Crippen LogP contribution in [-0.4, -0.2) is 73.3 Å². The summed E-state index contributed by atoms with van der Waals surface area (Å²) in [6.07, 6.45) is 0. The third-order valence-electron chi connectivity index (χ3n) is 9.30. The second-order valence-electron chi connectivity index (χ2n) is 15.2. The third-order valence-corrected chi connectivity index (χ3v) is 12.9. The van der Waals surface area contributed by atoms with Crippen LogP contribution in [0, 0.1) is 13.8 Å². The SMILES string of the molecule is COc1ccc(O)c(-n2nnc(S(=O)(=O)c3ccc(C(C)(C)C)cc3)c2C)c1.COc1ccc(OC)c(-n2nnc(S(=O)(=O)c3ccc(C(C)(C)C)cc3)c2C)c1. The highest BCUT2D eigenvalue weighted by atomic mass is 32.2. The first-order valence-corrected chi connectivity index (χ1v) is 20.8. The Morgan fingerprint density at radius 3 is 1.32 bits per heavy atom. The highest BCUT2D eigenvalue weighted by molar-refractivity contribution is 7.91. The van der Waals surface area contributed by atoms with Crippen molar-refractivity contribution in [2.75, 3.05) is 21.3 Å². The van der Waals surface area contributed by atoms with Crippen LogP contribution in [0.1, 0.15) is 64.1 Å². The molecule has 0 aliphatic rings. The third kappa shape index (κ3) is 8.66. The second kappa shape index (κ2) is 16.0. The van der Waals surface area contributed by atoms with Crippen LogP contribution in [0.3, 0.4) is 0 Å². The summed E-state index contributed by atoms with van der Waals surface area (Å²) in [5.74, 6) is 1.56. The molecule has 2 heterocycles. The molecule has 2 aromatic heterocycles. The molecule has 0 atom stereocenters. The van der Waals surface area contributed by atoms with Crippen molar-refractivity contribution >= 4 is 19.7 Å². The van der Waals surface area contributed by atoms with Crippen LogP contribution < -0.4 is 14.2 Å². The molecule has 6 rings (SSSR count). The molecule has 0 spiro atoms. The van der Waals surface area contributed by atoms with Gasteiger partial charge in [0.1, 0.15) is 34.4 Å². The number of phenolic OH excluding ortho intramolecular Hbond substituents is 1. The fraction of sp³-hybridized carbons (Fsp3) is 0.317. The number of nitrogens with zero attached hydrogens (tertiary/aromatic N) is 6. The molecule has 0 bridgehead atoms. The smallest absolute Gasteiger partial charge is 0.227 e. The monoisotopic (exact) mass is 816 g/mol. The number of aromatic hydroxyl groups is 1. The summed E-state index contributed by atoms with van der Waals surface area (Å²) in [4.78, 5) is 0.323. The predicted octanol–water partition coefficient (Wildman–Crippen LogP) is 7.14. The summed E-state index contributed by atoms with van der Waals surface area (Å²) < 4.78 is 71.0. The molecule has 0 fully saturated rings. The summed E-state index contributed by atoms with van der Waals surface area (Å²) in [7, 11) is -3.09. The number of hydrogen-bond acceptors (Lipinski definition) is 12. The summed E-state index contributed by atoms with van der Waals surface area (Å²) in [6.45, 7) is 15.7. The van der Waals surface area contributed by atoms with E-state index in [0.29, 0.717) is 34.3 Å². The van der Waals surface area contributed by atoms with E-state index >= 15 is 0 Å². The maximum atomic E-state index is 13.2. The highest BCUT2D eigenvalue weighted by Gasteiger charge is 2.29. The normalized spacial score (nSPS) is 12.1. The molecule has 6 aromatic rings. The van der Waals surface area contributed by atoms with Crippen molar-refractivity contribution in [1.29, 1.82) is 0 Å². The topological polar surface area (TPSA) is 178 Å². The molecule has 14 nitrogen and oxygen atoms in total. The standard InChI is InChI=1S/C21H25N3O4S.C20H23N3O4S/c1-14-20(29(25,26)17-10-7-15(8-11-17)21(2,3)4)22-23-24(14)18-13-16(27-5)9-12-19(18)28-6;1-13-19(21-22-23(13)17-12-15(27-5)8-11-18(17)24)28(25,26)16-9-6-14(7-10-16)20(2,3)4/h7-13H,1-6H3;6-12,24H,1-5H3. The van der Waals surface area contributed by atoms with E-state index in [0.717, 1.165) is 11.1 Å². The molecule has 16 heteroatoms. The van der Waals surface area contributed by atoms with Crippen molar-refractivity contribution in [2.45, 2.75) is 86.1 Å². The van der Waals surface area contributed by atoms with Crippen molar-refractivity contribution in [2.24, 2.45) is 0 Å². The van der Waals surface area contributed by atoms with Gasteiger partial charge in [-0.05, 0) is 84.3 Å². The molecular formula is C41H48N6O8S2. The Morgan fingerprint density at radius 1 is 0.544 bits per heavy atom. The molecule has 0 radical (unpaired) electrons. The van der Waals surface area contributed by atoms with Crippen LogP contribution in [0.4, 0.5) is 0 Å². The van der Waals surface area contributed by atoms with Gasteiger partial charge in [0.05, 0.1) is 42.5 Å². The van der Waals surface area contributed by atoms with E-state index in [1.54, 1.807) is 87.7 Å². The van der Waals surface area contributed by atoms with Crippen molar-refractivity contribution in [3.63, 3.8) is 0 Å². The molecule has 0 aliphatic heterocycles. The van der Waals surface area contributed by atoms with Crippen LogP contribution in [0.15, 0.2) is 105 Å². The number of sulfone groups is 2. The van der Waals surface area contributed by atoms with Crippen LogP contribution in [0.25, 0.3) is 11.4 Å². The van der Waals surface area contributed by atoms with Crippen molar-refractivity contribution in [3.05, 3.63) is 107 Å². The molecule has 0 saturated heterocycles. The van der Waals surface area contributed by atoms with Gasteiger partial charge in [-0.2, -0.15) is 0 Å². The maximum Gasteiger partial charge on any atom is 0.227 e. The Balaban J connectivity index is 0.000000218. The van der Waals surface area contributed by atoms with Gasteiger partial charge in [-0.25, -0.2) is 26.2 Å². The summed E-state index contributed by atoms with van der Waals surface area (Å²) in [6, 6.07) is 23.5. The largest absolute Gasteiger partial charge is 0.506 e. The van der Waals surface area contributed by atoms with Gasteiger partial charge in [0.15, 0.2) is 0 Å². The van der Waals surface area contributed by atoms with Gasteiger partial charge >= 0.3 is 0 Å². The Morgan fingerprint density at radius 2 is 0.930 bits per heavy atom. The van der Waals surface area contributed by atoms with E-state index in [-0.39, 0.29) is 42.1 Å². The van der Waals surface area contributed by atoms with E-state index in [1.807, 2.05) is 12.1 Å². The molecule has 0 amide bonds. The maximum absolute atomic E-state index is 13.2. The first kappa shape index (κ1) is 42.4. The molecule has 57 heavy (non-hydrogen) atoms. The molecule has 0 aliphatic carbocycles. The van der Waals surface area contributed by atoms with Gasteiger partial charge < -0.3 is 19.3 Å². The van der Waals surface area contributed by atoms with E-state index in [9.17, 15) is 21.9 Å². The average molecular weight is 817 g/mol. The van der Waals surface area contributed by atoms with Gasteiger partial charge in [-0.1, -0.05) is 76.2 Å². The first-order valence-electron chi connectivity index (χ1n) is 17.8. The summed E-state index contributed by atoms with van der Waals surface area (Å²) in [5.41, 5.74) is 3.46. The van der Waals surface area contributed by atoms with Crippen molar-refractivity contribution in [1.82, 2.24) is 30.0 Å². The van der Waals surface area contributed by atoms with Gasteiger partial charge in [0.2, 0.25) is 29.7 Å². The Kier molecular flexibility index (Phi) is 11.9. The predicted molar refractivity (Wildman–Crippen MR) is 215 cm³/mol. The first-order chi connectivity index (χ1) is 26.6. The molecule has 0 unspecified atom stereocenters. The second-order valence-corrected chi connectivity index (χ2v) is 19.0. The molecule has 1 N–H and O–H groups in total. The lowest BCUT2D eigenvalue weighted by Crippen LogP contribution is -2.12. The van der Waals surface area contributed by atoms with Crippen molar-refractivity contribution < 1.29 is 36.2 Å². The van der Waals surface area contributed by atoms with E-state index in [4.69, 9.17) is 14.2 Å². The average Bonchev–Trinajstić information content (AvgIpc) is 3.77. The number of aromatic nitrogens is 6. The van der Waals surface area contributed by atoms with E-state index < -0.39 is 19.7 Å². The van der Waals surface area contributed by atoms with Crippen LogP contribution in [-0.2, 0) is 30.5 Å². The van der Waals surface area contributed by atoms with Crippen LogP contribution in [0.5, 0.6) is 23.0 Å². The summed E-state index contributed by atoms with van der Waals surface area (Å²) in [5, 5.41) is 25.8. The lowest BCUT2D eigenvalue weighted by Gasteiger charge is -2.19. The minimum absolute atomic E-state index is 0.0627. The van der Waals surface area contributed by atoms with E-state index in [1.165, 1.54) is 29.6 Å². The highest BCUT2D eigenvalue weighted by Crippen LogP contribution is 2.33. The van der Waals surface area contributed by atoms with Gasteiger partial charge in [-0.3, -0.25) is 0 Å². The van der Waals surface area contributed by atoms with Gasteiger partial charge in [0.25, 0.3) is 0 Å². The Labute approximate surface area is 333 Å². The van der Waals surface area contributed by atoms with Gasteiger partial charge in [0, 0.05) is 12.1 Å². The quantitative estimate of drug-likeness (QED) is 0.156. The molecule has 0 saturated carbocycles. The Bertz CT molecular complexity index is 2600. The zero-order valence-corrected chi connectivity index (χ0v) is 35.5. The number of rotatable bonds is 9. The minimum Gasteiger partial charge on any atom is -0.506 e. The zero-order chi connectivity index (χ0) is 42.1. The number of methoxy groups -OCH3 is 3. The Hall–Kier alpha value is -5.74. The lowest BCUT2D eigenvalue weighted by atomic mass is 9.87. The number of hydrogen-bond donors (Lipinski definition) is 1. The van der Waals surface area contributed by atoms with Crippen LogP contribution in [0.2, 0.25) is 0 Å². The molecule has 4 aromatic carbocycles.